The van der Waals surface area contributed by atoms with E-state index in [1.54, 1.807) is 100 Å². The van der Waals surface area contributed by atoms with Crippen LogP contribution in [0.3, 0.4) is 0 Å². The first-order valence-electron chi connectivity index (χ1n) is 16.1. The fraction of sp³-hybridized carbons (Fsp3) is 0.375. The maximum atomic E-state index is 11.5. The van der Waals surface area contributed by atoms with Crippen LogP contribution in [0.25, 0.3) is 0 Å². The molecule has 11 heteroatoms. The smallest absolute Gasteiger partial charge is 0.193 e. The molecule has 278 valence electrons. The number of halogens is 4. The first kappa shape index (κ1) is 44.6. The van der Waals surface area contributed by atoms with E-state index in [2.05, 4.69) is 13.8 Å². The van der Waals surface area contributed by atoms with Crippen LogP contribution in [0, 0.1) is 0 Å². The summed E-state index contributed by atoms with van der Waals surface area (Å²) in [6, 6.07) is 27.8. The number of Topliss-reactive ketones (excluding diaryl/α,β-unsaturated/α-hetero) is 1. The Morgan fingerprint density at radius 3 is 1.12 bits per heavy atom. The minimum Gasteiger partial charge on any atom is -0.387 e. The zero-order valence-electron chi connectivity index (χ0n) is 30.0. The van der Waals surface area contributed by atoms with Gasteiger partial charge in [-0.15, -0.1) is 0 Å². The molecule has 3 atom stereocenters. The van der Waals surface area contributed by atoms with Gasteiger partial charge in [-0.1, -0.05) is 82.8 Å². The van der Waals surface area contributed by atoms with Gasteiger partial charge in [-0.3, -0.25) is 4.79 Å². The molecule has 4 aromatic rings. The summed E-state index contributed by atoms with van der Waals surface area (Å²) in [5, 5.41) is 50.4. The van der Waals surface area contributed by atoms with Crippen molar-refractivity contribution in [2.45, 2.75) is 96.1 Å². The average Bonchev–Trinajstić information content (AvgIpc) is 3.68. The van der Waals surface area contributed by atoms with Crippen molar-refractivity contribution in [1.29, 1.82) is 0 Å². The number of rotatable bonds is 7. The minimum absolute atomic E-state index is 0.0217. The number of carbonyl (C=O) groups is 1. The van der Waals surface area contributed by atoms with Crippen molar-refractivity contribution >= 4 is 52.2 Å². The Balaban J connectivity index is 0.000000236. The zero-order chi connectivity index (χ0) is 38.9. The fourth-order valence-electron chi connectivity index (χ4n) is 4.44. The summed E-state index contributed by atoms with van der Waals surface area (Å²) in [5.41, 5.74) is -0.557. The van der Waals surface area contributed by atoms with E-state index in [-0.39, 0.29) is 17.5 Å². The lowest BCUT2D eigenvalue weighted by Gasteiger charge is -2.24. The van der Waals surface area contributed by atoms with Gasteiger partial charge in [0.2, 0.25) is 0 Å². The molecular formula is C40H48Cl4O7. The van der Waals surface area contributed by atoms with Crippen molar-refractivity contribution in [3.05, 3.63) is 139 Å². The van der Waals surface area contributed by atoms with E-state index in [0.717, 1.165) is 5.02 Å². The Morgan fingerprint density at radius 1 is 0.588 bits per heavy atom. The minimum atomic E-state index is -1.33. The molecule has 5 rings (SSSR count). The van der Waals surface area contributed by atoms with Gasteiger partial charge in [0.05, 0.1) is 16.8 Å². The van der Waals surface area contributed by atoms with E-state index < -0.39 is 29.0 Å². The highest BCUT2D eigenvalue weighted by Gasteiger charge is 2.48. The number of hydrogen-bond acceptors (Lipinski definition) is 7. The van der Waals surface area contributed by atoms with Crippen molar-refractivity contribution in [1.82, 2.24) is 0 Å². The standard InChI is InChI=1S/2C10H13ClO2.C10H11ClO2.C10H11ClO/c3*1-10(2,13)9(12)7-3-5-8(11)6-4-7;1-10(2)9(12-10)7-3-5-8(11)6-4-7/h2*3-6,9,12-13H,1-2H3;3-6,13H,1-2H3;3-6,9H,1-2H3. The van der Waals surface area contributed by atoms with Gasteiger partial charge in [-0.05, 0) is 133 Å². The largest absolute Gasteiger partial charge is 0.387 e. The Hall–Kier alpha value is -2.53. The topological polar surface area (TPSA) is 131 Å². The van der Waals surface area contributed by atoms with Gasteiger partial charge in [0, 0.05) is 25.7 Å². The molecule has 1 heterocycles. The Kier molecular flexibility index (Phi) is 16.2. The van der Waals surface area contributed by atoms with Gasteiger partial charge < -0.3 is 30.3 Å². The zero-order valence-corrected chi connectivity index (χ0v) is 33.1. The molecule has 1 aliphatic rings. The van der Waals surface area contributed by atoms with Crippen molar-refractivity contribution in [3.8, 4) is 0 Å². The fourth-order valence-corrected chi connectivity index (χ4v) is 4.94. The normalized spacial score (nSPS) is 16.1. The van der Waals surface area contributed by atoms with Crippen LogP contribution in [-0.4, -0.2) is 53.7 Å². The van der Waals surface area contributed by atoms with Crippen LogP contribution in [-0.2, 0) is 4.74 Å². The Labute approximate surface area is 321 Å². The van der Waals surface area contributed by atoms with E-state index in [9.17, 15) is 30.3 Å². The molecule has 51 heavy (non-hydrogen) atoms. The van der Waals surface area contributed by atoms with Crippen LogP contribution in [0.5, 0.6) is 0 Å². The highest BCUT2D eigenvalue weighted by molar-refractivity contribution is 6.31. The highest BCUT2D eigenvalue weighted by Crippen LogP contribution is 2.48. The molecule has 0 aromatic heterocycles. The van der Waals surface area contributed by atoms with Crippen LogP contribution in [0.2, 0.25) is 20.1 Å². The van der Waals surface area contributed by atoms with Gasteiger partial charge in [0.15, 0.2) is 5.78 Å². The maximum absolute atomic E-state index is 11.5. The lowest BCUT2D eigenvalue weighted by atomic mass is 9.95. The lowest BCUT2D eigenvalue weighted by Crippen LogP contribution is -2.30. The lowest BCUT2D eigenvalue weighted by molar-refractivity contribution is -0.0497. The second-order valence-corrected chi connectivity index (χ2v) is 16.0. The number of hydrogen-bond donors (Lipinski definition) is 5. The van der Waals surface area contributed by atoms with Crippen LogP contribution < -0.4 is 0 Å². The van der Waals surface area contributed by atoms with Crippen molar-refractivity contribution in [2.24, 2.45) is 0 Å². The second kappa shape index (κ2) is 18.5. The van der Waals surface area contributed by atoms with Crippen molar-refractivity contribution in [2.75, 3.05) is 0 Å². The van der Waals surface area contributed by atoms with Crippen LogP contribution in [0.15, 0.2) is 97.1 Å². The second-order valence-electron chi connectivity index (χ2n) is 14.3. The quantitative estimate of drug-likeness (QED) is 0.0932. The number of epoxide rings is 1. The van der Waals surface area contributed by atoms with Gasteiger partial charge in [-0.25, -0.2) is 0 Å². The first-order valence-corrected chi connectivity index (χ1v) is 17.6. The van der Waals surface area contributed by atoms with Crippen LogP contribution >= 0.6 is 46.4 Å². The van der Waals surface area contributed by atoms with Crippen molar-refractivity contribution in [3.63, 3.8) is 0 Å². The number of carbonyl (C=O) groups excluding carboxylic acids is 1. The number of aliphatic hydroxyl groups excluding tert-OH is 2. The molecule has 0 saturated carbocycles. The predicted molar refractivity (Wildman–Crippen MR) is 207 cm³/mol. The summed E-state index contributed by atoms with van der Waals surface area (Å²) >= 11 is 22.8. The molecule has 0 amide bonds. The number of benzene rings is 4. The maximum Gasteiger partial charge on any atom is 0.193 e. The SMILES string of the molecule is CC(C)(O)C(=O)c1ccc(Cl)cc1.CC(C)(O)C(O)c1ccc(Cl)cc1.CC(C)(O)C(O)c1ccc(Cl)cc1.CC1(C)OC1c1ccc(Cl)cc1. The number of aliphatic hydroxyl groups is 5. The molecule has 4 aromatic carbocycles. The molecule has 1 saturated heterocycles. The summed E-state index contributed by atoms with van der Waals surface area (Å²) in [5.74, 6) is -0.302. The summed E-state index contributed by atoms with van der Waals surface area (Å²) < 4.78 is 5.49. The summed E-state index contributed by atoms with van der Waals surface area (Å²) in [6.07, 6.45) is -1.51. The molecule has 3 unspecified atom stereocenters. The summed E-state index contributed by atoms with van der Waals surface area (Å²) in [7, 11) is 0. The Bertz CT molecular complexity index is 1590. The van der Waals surface area contributed by atoms with E-state index in [0.29, 0.717) is 31.8 Å². The third kappa shape index (κ3) is 15.2. The summed E-state index contributed by atoms with van der Waals surface area (Å²) in [6.45, 7) is 13.4. The van der Waals surface area contributed by atoms with Gasteiger partial charge in [-0.2, -0.15) is 0 Å². The van der Waals surface area contributed by atoms with Crippen LogP contribution in [0.4, 0.5) is 0 Å². The monoisotopic (exact) mass is 780 g/mol. The molecule has 7 nitrogen and oxygen atoms in total. The van der Waals surface area contributed by atoms with Crippen molar-refractivity contribution < 1.29 is 35.1 Å². The van der Waals surface area contributed by atoms with Gasteiger partial charge in [0.25, 0.3) is 0 Å². The van der Waals surface area contributed by atoms with E-state index in [4.69, 9.17) is 51.1 Å². The van der Waals surface area contributed by atoms with Gasteiger partial charge in [0.1, 0.15) is 23.9 Å². The summed E-state index contributed by atoms with van der Waals surface area (Å²) in [4.78, 5) is 11.5. The molecule has 1 aliphatic heterocycles. The molecule has 0 radical (unpaired) electrons. The number of ketones is 1. The van der Waals surface area contributed by atoms with E-state index in [1.165, 1.54) is 19.4 Å². The predicted octanol–water partition coefficient (Wildman–Crippen LogP) is 9.77. The van der Waals surface area contributed by atoms with Crippen LogP contribution in [0.1, 0.15) is 101 Å². The molecule has 0 bridgehead atoms. The molecule has 0 aliphatic carbocycles. The number of ether oxygens (including phenoxy) is 1. The molecule has 1 fully saturated rings. The van der Waals surface area contributed by atoms with Gasteiger partial charge >= 0.3 is 0 Å². The molecule has 0 spiro atoms. The molecule has 5 N–H and O–H groups in total. The first-order chi connectivity index (χ1) is 23.3. The third-order valence-electron chi connectivity index (χ3n) is 7.54. The van der Waals surface area contributed by atoms with E-state index in [1.807, 2.05) is 24.3 Å². The van der Waals surface area contributed by atoms with E-state index >= 15 is 0 Å². The third-order valence-corrected chi connectivity index (χ3v) is 8.55. The highest BCUT2D eigenvalue weighted by atomic mass is 35.5. The molecular weight excluding hydrogens is 734 g/mol. The Morgan fingerprint density at radius 2 is 0.863 bits per heavy atom. The average molecular weight is 783 g/mol.